The third kappa shape index (κ3) is 4.25. The fourth-order valence-electron chi connectivity index (χ4n) is 4.79. The van der Waals surface area contributed by atoms with Crippen LogP contribution in [0.2, 0.25) is 0 Å². The molecule has 1 spiro atoms. The molecule has 3 heterocycles. The molecule has 1 aromatic rings. The van der Waals surface area contributed by atoms with Crippen molar-refractivity contribution in [3.8, 4) is 0 Å². The van der Waals surface area contributed by atoms with Gasteiger partial charge in [0.2, 0.25) is 0 Å². The highest BCUT2D eigenvalue weighted by Gasteiger charge is 2.43. The van der Waals surface area contributed by atoms with Crippen LogP contribution in [0, 0.1) is 11.3 Å². The highest BCUT2D eigenvalue weighted by molar-refractivity contribution is 7.09. The van der Waals surface area contributed by atoms with Crippen molar-refractivity contribution in [3.63, 3.8) is 0 Å². The molecule has 3 fully saturated rings. The molecule has 0 bridgehead atoms. The summed E-state index contributed by atoms with van der Waals surface area (Å²) in [5, 5.41) is 5.74. The molecule has 0 unspecified atom stereocenters. The third-order valence-corrected chi connectivity index (χ3v) is 7.51. The minimum Gasteiger partial charge on any atom is -0.357 e. The lowest BCUT2D eigenvalue weighted by atomic mass is 9.68. The predicted molar refractivity (Wildman–Crippen MR) is 111 cm³/mol. The van der Waals surface area contributed by atoms with Crippen molar-refractivity contribution in [1.82, 2.24) is 15.1 Å². The lowest BCUT2D eigenvalue weighted by molar-refractivity contribution is 0.151. The molecule has 0 atom stereocenters. The zero-order valence-corrected chi connectivity index (χ0v) is 17.1. The summed E-state index contributed by atoms with van der Waals surface area (Å²) in [4.78, 5) is 11.7. The second-order valence-corrected chi connectivity index (χ2v) is 9.55. The van der Waals surface area contributed by atoms with Crippen molar-refractivity contribution >= 4 is 17.3 Å². The summed E-state index contributed by atoms with van der Waals surface area (Å²) < 4.78 is 0. The SMILES string of the molecule is CCNC(=NCC1CCN(Cc2cccs2)CC1)N1CCC2(CCC2)C1. The third-order valence-electron chi connectivity index (χ3n) is 6.65. The summed E-state index contributed by atoms with van der Waals surface area (Å²) in [5.74, 6) is 1.93. The molecule has 0 radical (unpaired) electrons. The molecular formula is C21H34N4S. The van der Waals surface area contributed by atoms with Crippen molar-refractivity contribution in [2.24, 2.45) is 16.3 Å². The van der Waals surface area contributed by atoms with Gasteiger partial charge in [0.15, 0.2) is 5.96 Å². The molecule has 1 aromatic heterocycles. The van der Waals surface area contributed by atoms with Crippen LogP contribution in [0.25, 0.3) is 0 Å². The summed E-state index contributed by atoms with van der Waals surface area (Å²) in [7, 11) is 0. The van der Waals surface area contributed by atoms with Gasteiger partial charge in [0.25, 0.3) is 0 Å². The second kappa shape index (κ2) is 8.30. The maximum Gasteiger partial charge on any atom is 0.193 e. The maximum atomic E-state index is 5.06. The molecule has 0 amide bonds. The Balaban J connectivity index is 1.26. The van der Waals surface area contributed by atoms with Crippen LogP contribution < -0.4 is 5.32 Å². The van der Waals surface area contributed by atoms with Crippen molar-refractivity contribution in [1.29, 1.82) is 0 Å². The molecule has 2 saturated heterocycles. The van der Waals surface area contributed by atoms with Crippen LogP contribution in [0.15, 0.2) is 22.5 Å². The van der Waals surface area contributed by atoms with E-state index < -0.39 is 0 Å². The fourth-order valence-corrected chi connectivity index (χ4v) is 5.54. The Labute approximate surface area is 162 Å². The van der Waals surface area contributed by atoms with E-state index in [2.05, 4.69) is 39.6 Å². The largest absolute Gasteiger partial charge is 0.357 e. The lowest BCUT2D eigenvalue weighted by Gasteiger charge is -2.38. The highest BCUT2D eigenvalue weighted by atomic mass is 32.1. The summed E-state index contributed by atoms with van der Waals surface area (Å²) in [6.45, 7) is 10.2. The first-order valence-corrected chi connectivity index (χ1v) is 11.4. The maximum absolute atomic E-state index is 5.06. The first-order chi connectivity index (χ1) is 12.8. The molecule has 5 heteroatoms. The Kier molecular flexibility index (Phi) is 5.84. The van der Waals surface area contributed by atoms with Crippen molar-refractivity contribution in [3.05, 3.63) is 22.4 Å². The highest BCUT2D eigenvalue weighted by Crippen LogP contribution is 2.47. The number of hydrogen-bond acceptors (Lipinski definition) is 3. The number of nitrogens with zero attached hydrogens (tertiary/aromatic N) is 3. The minimum atomic E-state index is 0.642. The van der Waals surface area contributed by atoms with Crippen LogP contribution in [0.5, 0.6) is 0 Å². The number of aliphatic imine (C=N–C) groups is 1. The van der Waals surface area contributed by atoms with Crippen LogP contribution in [0.1, 0.15) is 50.3 Å². The monoisotopic (exact) mass is 374 g/mol. The fraction of sp³-hybridized carbons (Fsp3) is 0.762. The number of nitrogens with one attached hydrogen (secondary N) is 1. The van der Waals surface area contributed by atoms with Gasteiger partial charge in [-0.05, 0) is 74.9 Å². The molecule has 1 aliphatic carbocycles. The summed E-state index contributed by atoms with van der Waals surface area (Å²) >= 11 is 1.88. The molecule has 1 N–H and O–H groups in total. The van der Waals surface area contributed by atoms with Gasteiger partial charge in [-0.3, -0.25) is 9.89 Å². The van der Waals surface area contributed by atoms with Crippen molar-refractivity contribution in [2.45, 2.75) is 52.0 Å². The number of guanidine groups is 1. The normalized spacial score (nSPS) is 24.2. The van der Waals surface area contributed by atoms with Crippen molar-refractivity contribution < 1.29 is 0 Å². The molecule has 1 saturated carbocycles. The second-order valence-electron chi connectivity index (χ2n) is 8.52. The van der Waals surface area contributed by atoms with Gasteiger partial charge < -0.3 is 10.2 Å². The predicted octanol–water partition coefficient (Wildman–Crippen LogP) is 3.80. The Bertz CT molecular complexity index is 585. The van der Waals surface area contributed by atoms with Gasteiger partial charge in [-0.25, -0.2) is 0 Å². The summed E-state index contributed by atoms with van der Waals surface area (Å²) in [6.07, 6.45) is 8.26. The van der Waals surface area contributed by atoms with E-state index in [4.69, 9.17) is 4.99 Å². The van der Waals surface area contributed by atoms with Gasteiger partial charge in [0.1, 0.15) is 0 Å². The quantitative estimate of drug-likeness (QED) is 0.628. The zero-order chi connectivity index (χ0) is 17.8. The average Bonchev–Trinajstić information content (AvgIpc) is 3.29. The summed E-state index contributed by atoms with van der Waals surface area (Å²) in [5.41, 5.74) is 0.642. The van der Waals surface area contributed by atoms with E-state index >= 15 is 0 Å². The number of likely N-dealkylation sites (tertiary alicyclic amines) is 2. The molecule has 144 valence electrons. The molecule has 4 nitrogen and oxygen atoms in total. The van der Waals surface area contributed by atoms with E-state index in [1.807, 2.05) is 11.3 Å². The van der Waals surface area contributed by atoms with Gasteiger partial charge in [0, 0.05) is 37.6 Å². The molecular weight excluding hydrogens is 340 g/mol. The Morgan fingerprint density at radius 3 is 2.73 bits per heavy atom. The van der Waals surface area contributed by atoms with Gasteiger partial charge >= 0.3 is 0 Å². The lowest BCUT2D eigenvalue weighted by Crippen LogP contribution is -2.43. The van der Waals surface area contributed by atoms with Gasteiger partial charge in [-0.1, -0.05) is 12.5 Å². The molecule has 4 rings (SSSR count). The smallest absolute Gasteiger partial charge is 0.193 e. The molecule has 26 heavy (non-hydrogen) atoms. The molecule has 0 aromatic carbocycles. The van der Waals surface area contributed by atoms with Gasteiger partial charge in [-0.2, -0.15) is 0 Å². The summed E-state index contributed by atoms with van der Waals surface area (Å²) in [6, 6.07) is 4.42. The Morgan fingerprint density at radius 2 is 2.12 bits per heavy atom. The van der Waals surface area contributed by atoms with E-state index in [1.54, 1.807) is 0 Å². The Morgan fingerprint density at radius 1 is 1.27 bits per heavy atom. The zero-order valence-electron chi connectivity index (χ0n) is 16.3. The number of thiophene rings is 1. The van der Waals surface area contributed by atoms with Crippen LogP contribution in [-0.2, 0) is 6.54 Å². The number of piperidine rings is 1. The average molecular weight is 375 g/mol. The van der Waals surface area contributed by atoms with Crippen LogP contribution in [0.4, 0.5) is 0 Å². The van der Waals surface area contributed by atoms with E-state index in [1.165, 1.54) is 75.5 Å². The number of hydrogen-bond donors (Lipinski definition) is 1. The number of rotatable bonds is 5. The topological polar surface area (TPSA) is 30.9 Å². The van der Waals surface area contributed by atoms with Crippen LogP contribution in [0.3, 0.4) is 0 Å². The standard InChI is InChI=1S/C21H34N4S/c1-2-22-20(25-13-10-21(17-25)8-4-9-21)23-15-18-6-11-24(12-7-18)16-19-5-3-14-26-19/h3,5,14,18H,2,4,6-13,15-17H2,1H3,(H,22,23). The van der Waals surface area contributed by atoms with Crippen LogP contribution in [-0.4, -0.2) is 55.0 Å². The van der Waals surface area contributed by atoms with E-state index in [9.17, 15) is 0 Å². The molecule has 2 aliphatic heterocycles. The Hall–Kier alpha value is -1.07. The van der Waals surface area contributed by atoms with E-state index in [0.717, 1.165) is 25.6 Å². The van der Waals surface area contributed by atoms with Crippen molar-refractivity contribution in [2.75, 3.05) is 39.3 Å². The van der Waals surface area contributed by atoms with E-state index in [-0.39, 0.29) is 0 Å². The van der Waals surface area contributed by atoms with Gasteiger partial charge in [0.05, 0.1) is 0 Å². The van der Waals surface area contributed by atoms with E-state index in [0.29, 0.717) is 5.41 Å². The first kappa shape index (κ1) is 18.3. The van der Waals surface area contributed by atoms with Crippen LogP contribution >= 0.6 is 11.3 Å². The minimum absolute atomic E-state index is 0.642. The van der Waals surface area contributed by atoms with Gasteiger partial charge in [-0.15, -0.1) is 11.3 Å². The molecule has 3 aliphatic rings. The first-order valence-electron chi connectivity index (χ1n) is 10.5.